The zero-order valence-electron chi connectivity index (χ0n) is 18.3. The maximum absolute atomic E-state index is 13.1. The van der Waals surface area contributed by atoms with Crippen LogP contribution in [0, 0.1) is 18.8 Å². The van der Waals surface area contributed by atoms with Crippen LogP contribution in [0.5, 0.6) is 0 Å². The van der Waals surface area contributed by atoms with Crippen molar-refractivity contribution in [2.75, 3.05) is 13.1 Å². The lowest BCUT2D eigenvalue weighted by molar-refractivity contribution is -0.132. The van der Waals surface area contributed by atoms with Gasteiger partial charge in [0, 0.05) is 31.1 Å². The van der Waals surface area contributed by atoms with Crippen LogP contribution in [0.15, 0.2) is 24.3 Å². The molecule has 6 heteroatoms. The van der Waals surface area contributed by atoms with Crippen LogP contribution < -0.4 is 10.6 Å². The van der Waals surface area contributed by atoms with Gasteiger partial charge in [-0.2, -0.15) is 0 Å². The molecule has 29 heavy (non-hydrogen) atoms. The van der Waals surface area contributed by atoms with Crippen molar-refractivity contribution in [2.45, 2.75) is 66.0 Å². The highest BCUT2D eigenvalue weighted by atomic mass is 16.2. The Morgan fingerprint density at radius 2 is 1.76 bits per heavy atom. The first-order valence-corrected chi connectivity index (χ1v) is 10.7. The molecule has 0 unspecified atom stereocenters. The highest BCUT2D eigenvalue weighted by Crippen LogP contribution is 2.22. The number of carbonyl (C=O) groups excluding carboxylic acids is 3. The molecule has 3 amide bonds. The molecule has 1 aromatic rings. The standard InChI is InChI=1S/C23H35N3O3/c1-6-20(27)26-12-10-18(11-13-26)21(23(29)24-17(5)15(2)3)25-22(28)19-9-7-8-16(4)14-19/h7-9,14-15,17-18,21H,6,10-13H2,1-5H3,(H,24,29)(H,25,28)/t17-,21-/m1/s1. The lowest BCUT2D eigenvalue weighted by atomic mass is 9.88. The highest BCUT2D eigenvalue weighted by molar-refractivity contribution is 5.97. The van der Waals surface area contributed by atoms with Crippen LogP contribution in [0.4, 0.5) is 0 Å². The second-order valence-corrected chi connectivity index (χ2v) is 8.43. The maximum atomic E-state index is 13.1. The van der Waals surface area contributed by atoms with Gasteiger partial charge in [-0.1, -0.05) is 38.5 Å². The van der Waals surface area contributed by atoms with Gasteiger partial charge >= 0.3 is 0 Å². The Morgan fingerprint density at radius 1 is 1.10 bits per heavy atom. The number of rotatable bonds is 7. The maximum Gasteiger partial charge on any atom is 0.251 e. The Balaban J connectivity index is 2.14. The van der Waals surface area contributed by atoms with Crippen LogP contribution in [0.3, 0.4) is 0 Å². The summed E-state index contributed by atoms with van der Waals surface area (Å²) in [6.45, 7) is 11.1. The van der Waals surface area contributed by atoms with Gasteiger partial charge < -0.3 is 15.5 Å². The fraction of sp³-hybridized carbons (Fsp3) is 0.609. The van der Waals surface area contributed by atoms with Crippen molar-refractivity contribution in [3.63, 3.8) is 0 Å². The number of carbonyl (C=O) groups is 3. The van der Waals surface area contributed by atoms with E-state index in [0.29, 0.717) is 43.8 Å². The minimum Gasteiger partial charge on any atom is -0.352 e. The summed E-state index contributed by atoms with van der Waals surface area (Å²) in [4.78, 5) is 39.7. The van der Waals surface area contributed by atoms with Crippen molar-refractivity contribution in [1.82, 2.24) is 15.5 Å². The molecule has 0 saturated carbocycles. The molecule has 1 heterocycles. The third kappa shape index (κ3) is 6.31. The van der Waals surface area contributed by atoms with E-state index in [0.717, 1.165) is 5.56 Å². The zero-order valence-corrected chi connectivity index (χ0v) is 18.3. The summed E-state index contributed by atoms with van der Waals surface area (Å²) in [6.07, 6.45) is 1.90. The minimum absolute atomic E-state index is 0.00373. The van der Waals surface area contributed by atoms with Crippen LogP contribution >= 0.6 is 0 Å². The molecule has 2 N–H and O–H groups in total. The molecule has 0 spiro atoms. The predicted molar refractivity (Wildman–Crippen MR) is 114 cm³/mol. The summed E-state index contributed by atoms with van der Waals surface area (Å²) < 4.78 is 0. The molecule has 1 aliphatic rings. The van der Waals surface area contributed by atoms with Crippen molar-refractivity contribution in [1.29, 1.82) is 0 Å². The second kappa shape index (κ2) is 10.4. The van der Waals surface area contributed by atoms with Gasteiger partial charge in [0.1, 0.15) is 6.04 Å². The van der Waals surface area contributed by atoms with E-state index in [1.165, 1.54) is 0 Å². The molecule has 160 valence electrons. The van der Waals surface area contributed by atoms with Crippen LogP contribution in [0.2, 0.25) is 0 Å². The quantitative estimate of drug-likeness (QED) is 0.737. The number of nitrogens with one attached hydrogen (secondary N) is 2. The van der Waals surface area contributed by atoms with Crippen molar-refractivity contribution in [2.24, 2.45) is 11.8 Å². The van der Waals surface area contributed by atoms with Crippen molar-refractivity contribution in [3.05, 3.63) is 35.4 Å². The fourth-order valence-electron chi connectivity index (χ4n) is 3.59. The summed E-state index contributed by atoms with van der Waals surface area (Å²) in [5.41, 5.74) is 1.55. The lowest BCUT2D eigenvalue weighted by Crippen LogP contribution is -2.55. The van der Waals surface area contributed by atoms with E-state index in [2.05, 4.69) is 24.5 Å². The van der Waals surface area contributed by atoms with Gasteiger partial charge in [-0.05, 0) is 50.7 Å². The van der Waals surface area contributed by atoms with E-state index in [1.807, 2.05) is 43.9 Å². The Kier molecular flexibility index (Phi) is 8.23. The lowest BCUT2D eigenvalue weighted by Gasteiger charge is -2.36. The number of piperidine rings is 1. The van der Waals surface area contributed by atoms with Gasteiger partial charge in [0.15, 0.2) is 0 Å². The van der Waals surface area contributed by atoms with Crippen LogP contribution in [-0.2, 0) is 9.59 Å². The molecule has 1 fully saturated rings. The molecule has 2 rings (SSSR count). The smallest absolute Gasteiger partial charge is 0.251 e. The number of benzene rings is 1. The largest absolute Gasteiger partial charge is 0.352 e. The molecule has 0 aliphatic carbocycles. The summed E-state index contributed by atoms with van der Waals surface area (Å²) in [5, 5.41) is 6.03. The van der Waals surface area contributed by atoms with Gasteiger partial charge in [0.25, 0.3) is 5.91 Å². The summed E-state index contributed by atoms with van der Waals surface area (Å²) in [5.74, 6) is 0.0624. The first-order valence-electron chi connectivity index (χ1n) is 10.7. The number of hydrogen-bond donors (Lipinski definition) is 2. The monoisotopic (exact) mass is 401 g/mol. The van der Waals surface area contributed by atoms with Crippen molar-refractivity contribution in [3.8, 4) is 0 Å². The van der Waals surface area contributed by atoms with E-state index >= 15 is 0 Å². The fourth-order valence-corrected chi connectivity index (χ4v) is 3.59. The second-order valence-electron chi connectivity index (χ2n) is 8.43. The SMILES string of the molecule is CCC(=O)N1CCC([C@@H](NC(=O)c2cccc(C)c2)C(=O)N[C@H](C)C(C)C)CC1. The van der Waals surface area contributed by atoms with E-state index in [1.54, 1.807) is 6.07 Å². The van der Waals surface area contributed by atoms with E-state index in [4.69, 9.17) is 0 Å². The van der Waals surface area contributed by atoms with Crippen LogP contribution in [0.25, 0.3) is 0 Å². The first kappa shape index (κ1) is 22.9. The molecule has 0 radical (unpaired) electrons. The van der Waals surface area contributed by atoms with Crippen molar-refractivity contribution >= 4 is 17.7 Å². The summed E-state index contributed by atoms with van der Waals surface area (Å²) >= 11 is 0. The third-order valence-electron chi connectivity index (χ3n) is 5.89. The molecule has 1 aliphatic heterocycles. The number of hydrogen-bond acceptors (Lipinski definition) is 3. The van der Waals surface area contributed by atoms with E-state index in [-0.39, 0.29) is 29.7 Å². The summed E-state index contributed by atoms with van der Waals surface area (Å²) in [7, 11) is 0. The molecule has 1 saturated heterocycles. The number of nitrogens with zero attached hydrogens (tertiary/aromatic N) is 1. The predicted octanol–water partition coefficient (Wildman–Crippen LogP) is 2.90. The number of likely N-dealkylation sites (tertiary alicyclic amines) is 1. The van der Waals surface area contributed by atoms with Crippen LogP contribution in [-0.4, -0.2) is 47.8 Å². The van der Waals surface area contributed by atoms with Gasteiger partial charge in [-0.15, -0.1) is 0 Å². The van der Waals surface area contributed by atoms with Gasteiger partial charge in [0.05, 0.1) is 0 Å². The average Bonchev–Trinajstić information content (AvgIpc) is 2.71. The summed E-state index contributed by atoms with van der Waals surface area (Å²) in [6, 6.07) is 6.77. The molecule has 1 aromatic carbocycles. The Hall–Kier alpha value is -2.37. The normalized spacial score (nSPS) is 17.0. The Bertz CT molecular complexity index is 724. The van der Waals surface area contributed by atoms with Gasteiger partial charge in [-0.25, -0.2) is 0 Å². The first-order chi connectivity index (χ1) is 13.7. The topological polar surface area (TPSA) is 78.5 Å². The van der Waals surface area contributed by atoms with Gasteiger partial charge in [0.2, 0.25) is 11.8 Å². The highest BCUT2D eigenvalue weighted by Gasteiger charge is 2.34. The van der Waals surface area contributed by atoms with Crippen LogP contribution in [0.1, 0.15) is 62.9 Å². The molecule has 0 aromatic heterocycles. The van der Waals surface area contributed by atoms with E-state index in [9.17, 15) is 14.4 Å². The zero-order chi connectivity index (χ0) is 21.6. The average molecular weight is 402 g/mol. The molecule has 2 atom stereocenters. The van der Waals surface area contributed by atoms with E-state index < -0.39 is 6.04 Å². The van der Waals surface area contributed by atoms with Gasteiger partial charge in [-0.3, -0.25) is 14.4 Å². The molecular weight excluding hydrogens is 366 g/mol. The Labute approximate surface area is 174 Å². The molecule has 0 bridgehead atoms. The minimum atomic E-state index is -0.608. The molecule has 6 nitrogen and oxygen atoms in total. The number of aryl methyl sites for hydroxylation is 1. The Morgan fingerprint density at radius 3 is 2.31 bits per heavy atom. The molecular formula is C23H35N3O3. The third-order valence-corrected chi connectivity index (χ3v) is 5.89. The number of amides is 3. The van der Waals surface area contributed by atoms with Crippen molar-refractivity contribution < 1.29 is 14.4 Å².